The average Bonchev–Trinajstić information content (AvgIpc) is 3.18. The number of ether oxygens (including phenoxy) is 1. The van der Waals surface area contributed by atoms with Crippen molar-refractivity contribution in [3.05, 3.63) is 76.6 Å². The predicted molar refractivity (Wildman–Crippen MR) is 109 cm³/mol. The van der Waals surface area contributed by atoms with Gasteiger partial charge in [-0.15, -0.1) is 0 Å². The normalized spacial score (nSPS) is 10.7. The Hall–Kier alpha value is -4.27. The van der Waals surface area contributed by atoms with Gasteiger partial charge in [-0.1, -0.05) is 0 Å². The third-order valence-electron chi connectivity index (χ3n) is 4.29. The Kier molecular flexibility index (Phi) is 5.08. The Morgan fingerprint density at radius 1 is 1.17 bits per heavy atom. The number of carbonyl (C=O) groups excluding carboxylic acids is 1. The number of oxazole rings is 1. The molecular weight excluding hydrogens is 388 g/mol. The molecule has 0 saturated heterocycles. The molecule has 150 valence electrons. The molecule has 0 atom stereocenters. The molecule has 0 bridgehead atoms. The number of carbonyl (C=O) groups is 1. The monoisotopic (exact) mass is 404 g/mol. The maximum Gasteiger partial charge on any atom is 0.311 e. The number of anilines is 1. The van der Waals surface area contributed by atoms with Gasteiger partial charge in [0.25, 0.3) is 5.91 Å². The molecule has 0 unspecified atom stereocenters. The Bertz CT molecular complexity index is 1240. The van der Waals surface area contributed by atoms with Gasteiger partial charge in [0.1, 0.15) is 5.52 Å². The summed E-state index contributed by atoms with van der Waals surface area (Å²) < 4.78 is 11.0. The second-order valence-electron chi connectivity index (χ2n) is 6.26. The molecule has 0 aliphatic heterocycles. The van der Waals surface area contributed by atoms with Gasteiger partial charge in [-0.2, -0.15) is 0 Å². The van der Waals surface area contributed by atoms with Crippen LogP contribution in [0.25, 0.3) is 22.6 Å². The highest BCUT2D eigenvalue weighted by atomic mass is 16.6. The number of hydrogen-bond donors (Lipinski definition) is 1. The zero-order chi connectivity index (χ0) is 21.1. The molecule has 0 spiro atoms. The first-order valence-electron chi connectivity index (χ1n) is 9.08. The van der Waals surface area contributed by atoms with Crippen LogP contribution in [0.15, 0.2) is 65.3 Å². The van der Waals surface area contributed by atoms with Crippen LogP contribution in [-0.2, 0) is 0 Å². The molecule has 9 nitrogen and oxygen atoms in total. The van der Waals surface area contributed by atoms with E-state index in [1.807, 2.05) is 0 Å². The number of nitro groups is 1. The second kappa shape index (κ2) is 8.00. The molecule has 2 aromatic heterocycles. The SMILES string of the molecule is CCOc1ccc(C(=O)Nc2ccc3oc(-c4ccncc4)nc3c2)cc1[N+](=O)[O-]. The van der Waals surface area contributed by atoms with Crippen molar-refractivity contribution in [2.24, 2.45) is 0 Å². The fraction of sp³-hybridized carbons (Fsp3) is 0.0952. The van der Waals surface area contributed by atoms with Crippen molar-refractivity contribution in [1.29, 1.82) is 0 Å². The number of rotatable bonds is 6. The van der Waals surface area contributed by atoms with Gasteiger partial charge in [0, 0.05) is 35.3 Å². The van der Waals surface area contributed by atoms with E-state index in [-0.39, 0.29) is 23.6 Å². The summed E-state index contributed by atoms with van der Waals surface area (Å²) in [6.07, 6.45) is 3.29. The van der Waals surface area contributed by atoms with Crippen molar-refractivity contribution < 1.29 is 18.9 Å². The van der Waals surface area contributed by atoms with E-state index in [9.17, 15) is 14.9 Å². The molecule has 1 amide bonds. The first-order chi connectivity index (χ1) is 14.5. The van der Waals surface area contributed by atoms with Gasteiger partial charge in [0.05, 0.1) is 11.5 Å². The molecule has 0 aliphatic carbocycles. The minimum Gasteiger partial charge on any atom is -0.487 e. The van der Waals surface area contributed by atoms with E-state index in [1.54, 1.807) is 49.6 Å². The van der Waals surface area contributed by atoms with Crippen molar-refractivity contribution in [2.75, 3.05) is 11.9 Å². The van der Waals surface area contributed by atoms with E-state index in [2.05, 4.69) is 15.3 Å². The first kappa shape index (κ1) is 19.1. The van der Waals surface area contributed by atoms with Gasteiger partial charge >= 0.3 is 5.69 Å². The highest BCUT2D eigenvalue weighted by Gasteiger charge is 2.19. The fourth-order valence-electron chi connectivity index (χ4n) is 2.91. The van der Waals surface area contributed by atoms with Crippen LogP contribution in [0.3, 0.4) is 0 Å². The Labute approximate surface area is 170 Å². The molecular formula is C21H16N4O5. The summed E-state index contributed by atoms with van der Waals surface area (Å²) in [6, 6.07) is 12.7. The van der Waals surface area contributed by atoms with E-state index >= 15 is 0 Å². The fourth-order valence-corrected chi connectivity index (χ4v) is 2.91. The smallest absolute Gasteiger partial charge is 0.311 e. The van der Waals surface area contributed by atoms with Crippen LogP contribution in [0.1, 0.15) is 17.3 Å². The van der Waals surface area contributed by atoms with Crippen LogP contribution in [0.2, 0.25) is 0 Å². The van der Waals surface area contributed by atoms with E-state index in [0.29, 0.717) is 22.7 Å². The van der Waals surface area contributed by atoms with Crippen LogP contribution >= 0.6 is 0 Å². The maximum absolute atomic E-state index is 12.6. The summed E-state index contributed by atoms with van der Waals surface area (Å²) in [7, 11) is 0. The van der Waals surface area contributed by atoms with E-state index < -0.39 is 10.8 Å². The number of nitro benzene ring substituents is 1. The molecule has 4 rings (SSSR count). The highest BCUT2D eigenvalue weighted by molar-refractivity contribution is 6.05. The lowest BCUT2D eigenvalue weighted by molar-refractivity contribution is -0.385. The lowest BCUT2D eigenvalue weighted by Gasteiger charge is -2.07. The summed E-state index contributed by atoms with van der Waals surface area (Å²) in [4.78, 5) is 31.7. The number of pyridine rings is 1. The summed E-state index contributed by atoms with van der Waals surface area (Å²) in [5.41, 5.74) is 2.28. The first-order valence-corrected chi connectivity index (χ1v) is 9.08. The standard InChI is InChI=1S/C21H16N4O5/c1-2-29-19-5-3-14(11-17(19)25(27)28)20(26)23-15-4-6-18-16(12-15)24-21(30-18)13-7-9-22-10-8-13/h3-12H,2H2,1H3,(H,23,26). The molecule has 4 aromatic rings. The number of nitrogens with one attached hydrogen (secondary N) is 1. The third-order valence-corrected chi connectivity index (χ3v) is 4.29. The number of hydrogen-bond acceptors (Lipinski definition) is 7. The summed E-state index contributed by atoms with van der Waals surface area (Å²) >= 11 is 0. The molecule has 0 saturated carbocycles. The predicted octanol–water partition coefficient (Wildman–Crippen LogP) is 4.45. The Balaban J connectivity index is 1.58. The lowest BCUT2D eigenvalue weighted by Crippen LogP contribution is -2.12. The highest BCUT2D eigenvalue weighted by Crippen LogP contribution is 2.29. The lowest BCUT2D eigenvalue weighted by atomic mass is 10.1. The van der Waals surface area contributed by atoms with Crippen LogP contribution in [0, 0.1) is 10.1 Å². The van der Waals surface area contributed by atoms with Crippen LogP contribution in [0.5, 0.6) is 5.75 Å². The van der Waals surface area contributed by atoms with Gasteiger partial charge < -0.3 is 14.5 Å². The van der Waals surface area contributed by atoms with Gasteiger partial charge in [-0.3, -0.25) is 19.9 Å². The number of nitrogens with zero attached hydrogens (tertiary/aromatic N) is 3. The van der Waals surface area contributed by atoms with Crippen molar-refractivity contribution in [3.8, 4) is 17.2 Å². The molecule has 30 heavy (non-hydrogen) atoms. The van der Waals surface area contributed by atoms with Gasteiger partial charge in [0.2, 0.25) is 5.89 Å². The largest absolute Gasteiger partial charge is 0.487 e. The summed E-state index contributed by atoms with van der Waals surface area (Å²) in [5.74, 6) is 0.0723. The molecule has 0 fully saturated rings. The summed E-state index contributed by atoms with van der Waals surface area (Å²) in [5, 5.41) is 14.0. The van der Waals surface area contributed by atoms with Crippen LogP contribution in [0.4, 0.5) is 11.4 Å². The number of benzene rings is 2. The van der Waals surface area contributed by atoms with Gasteiger partial charge in [-0.05, 0) is 49.4 Å². The second-order valence-corrected chi connectivity index (χ2v) is 6.26. The van der Waals surface area contributed by atoms with Crippen molar-refractivity contribution in [2.45, 2.75) is 6.92 Å². The Morgan fingerprint density at radius 2 is 1.97 bits per heavy atom. The van der Waals surface area contributed by atoms with Crippen LogP contribution < -0.4 is 10.1 Å². The van der Waals surface area contributed by atoms with E-state index in [0.717, 1.165) is 5.56 Å². The average molecular weight is 404 g/mol. The molecule has 2 heterocycles. The minimum absolute atomic E-state index is 0.117. The van der Waals surface area contributed by atoms with Gasteiger partial charge in [0.15, 0.2) is 11.3 Å². The number of aromatic nitrogens is 2. The van der Waals surface area contributed by atoms with E-state index in [1.165, 1.54) is 18.2 Å². The number of amides is 1. The topological polar surface area (TPSA) is 120 Å². The van der Waals surface area contributed by atoms with Crippen LogP contribution in [-0.4, -0.2) is 27.4 Å². The summed E-state index contributed by atoms with van der Waals surface area (Å²) in [6.45, 7) is 2.01. The molecule has 0 aliphatic rings. The van der Waals surface area contributed by atoms with E-state index in [4.69, 9.17) is 9.15 Å². The quantitative estimate of drug-likeness (QED) is 0.372. The van der Waals surface area contributed by atoms with Crippen molar-refractivity contribution >= 4 is 28.4 Å². The van der Waals surface area contributed by atoms with Gasteiger partial charge in [-0.25, -0.2) is 4.98 Å². The van der Waals surface area contributed by atoms with Crippen molar-refractivity contribution in [3.63, 3.8) is 0 Å². The number of fused-ring (bicyclic) bond motifs is 1. The molecule has 2 aromatic carbocycles. The minimum atomic E-state index is -0.580. The Morgan fingerprint density at radius 3 is 2.70 bits per heavy atom. The third kappa shape index (κ3) is 3.81. The zero-order valence-corrected chi connectivity index (χ0v) is 15.9. The zero-order valence-electron chi connectivity index (χ0n) is 15.9. The molecule has 9 heteroatoms. The molecule has 0 radical (unpaired) electrons. The maximum atomic E-state index is 12.6. The van der Waals surface area contributed by atoms with Crippen molar-refractivity contribution in [1.82, 2.24) is 9.97 Å². The molecule has 1 N–H and O–H groups in total.